The monoisotopic (exact) mass is 304 g/mol. The van der Waals surface area contributed by atoms with Crippen LogP contribution in [0.2, 0.25) is 0 Å². The van der Waals surface area contributed by atoms with Crippen molar-refractivity contribution in [2.45, 2.75) is 32.8 Å². The van der Waals surface area contributed by atoms with Gasteiger partial charge in [0.1, 0.15) is 19.6 Å². The summed E-state index contributed by atoms with van der Waals surface area (Å²) in [4.78, 5) is 11.5. The van der Waals surface area contributed by atoms with E-state index in [4.69, 9.17) is 4.74 Å². The molecular weight excluding hydrogens is 284 g/mol. The Morgan fingerprint density at radius 2 is 1.74 bits per heavy atom. The highest BCUT2D eigenvalue weighted by atomic mass is 31.2. The van der Waals surface area contributed by atoms with Gasteiger partial charge in [0.15, 0.2) is 0 Å². The van der Waals surface area contributed by atoms with Crippen molar-refractivity contribution in [1.29, 1.82) is 0 Å². The predicted molar refractivity (Wildman–Crippen MR) is 65.7 cm³/mol. The van der Waals surface area contributed by atoms with Crippen molar-refractivity contribution in [2.75, 3.05) is 26.0 Å². The Morgan fingerprint density at radius 1 is 1.26 bits per heavy atom. The highest BCUT2D eigenvalue weighted by molar-refractivity contribution is 7.64. The van der Waals surface area contributed by atoms with Crippen molar-refractivity contribution in [2.24, 2.45) is 5.92 Å². The molecule has 114 valence electrons. The lowest BCUT2D eigenvalue weighted by atomic mass is 10.2. The topological polar surface area (TPSA) is 52.6 Å². The normalized spacial score (nSPS) is 15.9. The number of methoxy groups -OCH3 is 1. The molecule has 0 bridgehead atoms. The number of esters is 1. The van der Waals surface area contributed by atoms with Gasteiger partial charge in [0.2, 0.25) is 0 Å². The van der Waals surface area contributed by atoms with E-state index in [0.29, 0.717) is 0 Å². The maximum Gasteiger partial charge on any atom is 0.411 e. The summed E-state index contributed by atoms with van der Waals surface area (Å²) in [5.41, 5.74) is 0. The van der Waals surface area contributed by atoms with Crippen LogP contribution in [-0.2, 0) is 18.8 Å². The van der Waals surface area contributed by atoms with Crippen LogP contribution in [0.3, 0.4) is 0 Å². The zero-order valence-electron chi connectivity index (χ0n) is 11.5. The molecule has 0 aliphatic rings. The van der Waals surface area contributed by atoms with Crippen LogP contribution in [0.15, 0.2) is 0 Å². The van der Waals surface area contributed by atoms with Gasteiger partial charge in [-0.15, -0.1) is 0 Å². The first-order valence-electron chi connectivity index (χ1n) is 5.95. The maximum absolute atomic E-state index is 12.5. The Morgan fingerprint density at radius 3 is 2.05 bits per heavy atom. The summed E-state index contributed by atoms with van der Waals surface area (Å²) < 4.78 is 58.4. The smallest absolute Gasteiger partial charge is 0.411 e. The largest absolute Gasteiger partial charge is 0.469 e. The first kappa shape index (κ1) is 18.4. The lowest BCUT2D eigenvalue weighted by molar-refractivity contribution is -0.184. The van der Waals surface area contributed by atoms with Gasteiger partial charge in [-0.3, -0.25) is 4.79 Å². The highest BCUT2D eigenvalue weighted by Crippen LogP contribution is 2.53. The Balaban J connectivity index is 5.14. The van der Waals surface area contributed by atoms with Crippen molar-refractivity contribution in [1.82, 2.24) is 0 Å². The minimum atomic E-state index is -4.53. The molecule has 8 heteroatoms. The Labute approximate surface area is 111 Å². The molecule has 0 radical (unpaired) electrons. The first-order chi connectivity index (χ1) is 8.61. The van der Waals surface area contributed by atoms with Crippen molar-refractivity contribution < 1.29 is 32.0 Å². The van der Waals surface area contributed by atoms with Crippen molar-refractivity contribution >= 4 is 13.1 Å². The second-order valence-electron chi connectivity index (χ2n) is 4.21. The molecule has 2 atom stereocenters. The number of halogens is 3. The number of hydrogen-bond acceptors (Lipinski definition) is 4. The van der Waals surface area contributed by atoms with Gasteiger partial charge in [-0.05, 0) is 6.92 Å². The van der Waals surface area contributed by atoms with Gasteiger partial charge in [0.05, 0.1) is 13.0 Å². The fourth-order valence-electron chi connectivity index (χ4n) is 1.75. The molecule has 0 N–H and O–H groups in total. The molecule has 0 saturated carbocycles. The Hall–Kier alpha value is -0.550. The molecule has 0 fully saturated rings. The van der Waals surface area contributed by atoms with Gasteiger partial charge in [-0.2, -0.15) is 13.2 Å². The SMILES string of the molecule is CCP(=O)(CC)C(OCC(F)(F)F)C(C)C(=O)OC. The summed E-state index contributed by atoms with van der Waals surface area (Å²) in [6.07, 6.45) is -4.18. The van der Waals surface area contributed by atoms with Crippen LogP contribution < -0.4 is 0 Å². The average molecular weight is 304 g/mol. The molecular formula is C11H20F3O4P. The molecule has 0 heterocycles. The van der Waals surface area contributed by atoms with E-state index >= 15 is 0 Å². The number of ether oxygens (including phenoxy) is 2. The third-order valence-corrected chi connectivity index (χ3v) is 6.62. The molecule has 4 nitrogen and oxygen atoms in total. The minimum absolute atomic E-state index is 0.174. The third-order valence-electron chi connectivity index (χ3n) is 2.95. The van der Waals surface area contributed by atoms with Crippen molar-refractivity contribution in [3.05, 3.63) is 0 Å². The zero-order valence-corrected chi connectivity index (χ0v) is 12.4. The van der Waals surface area contributed by atoms with E-state index in [2.05, 4.69) is 4.74 Å². The number of carbonyl (C=O) groups is 1. The summed E-state index contributed by atoms with van der Waals surface area (Å²) in [6.45, 7) is 3.06. The van der Waals surface area contributed by atoms with E-state index in [-0.39, 0.29) is 12.3 Å². The van der Waals surface area contributed by atoms with Gasteiger partial charge < -0.3 is 14.0 Å². The summed E-state index contributed by atoms with van der Waals surface area (Å²) in [7, 11) is -1.90. The van der Waals surface area contributed by atoms with Crippen molar-refractivity contribution in [3.63, 3.8) is 0 Å². The van der Waals surface area contributed by atoms with Crippen LogP contribution in [0.1, 0.15) is 20.8 Å². The lowest BCUT2D eigenvalue weighted by Crippen LogP contribution is -2.33. The van der Waals surface area contributed by atoms with Crippen LogP contribution in [0.5, 0.6) is 0 Å². The third kappa shape index (κ3) is 5.53. The van der Waals surface area contributed by atoms with E-state index in [9.17, 15) is 22.5 Å². The second-order valence-corrected chi connectivity index (χ2v) is 7.89. The fourth-order valence-corrected chi connectivity index (χ4v) is 4.20. The molecule has 0 aliphatic heterocycles. The molecule has 0 rings (SSSR count). The van der Waals surface area contributed by atoms with Gasteiger partial charge in [-0.25, -0.2) is 0 Å². The number of rotatable bonds is 7. The van der Waals surface area contributed by atoms with Crippen LogP contribution in [0, 0.1) is 5.92 Å². The first-order valence-corrected chi connectivity index (χ1v) is 8.09. The number of hydrogen-bond donors (Lipinski definition) is 0. The minimum Gasteiger partial charge on any atom is -0.469 e. The standard InChI is InChI=1S/C11H20F3O4P/c1-5-19(16,6-2)10(8(3)9(15)17-4)18-7-11(12,13)14/h8,10H,5-7H2,1-4H3. The van der Waals surface area contributed by atoms with Gasteiger partial charge in [0.25, 0.3) is 0 Å². The van der Waals surface area contributed by atoms with Gasteiger partial charge in [0, 0.05) is 12.3 Å². The Kier molecular flexibility index (Phi) is 7.08. The zero-order chi connectivity index (χ0) is 15.3. The van der Waals surface area contributed by atoms with E-state index < -0.39 is 37.7 Å². The highest BCUT2D eigenvalue weighted by Gasteiger charge is 2.41. The molecule has 0 aliphatic carbocycles. The van der Waals surface area contributed by atoms with E-state index in [0.717, 1.165) is 7.11 Å². The summed E-state index contributed by atoms with van der Waals surface area (Å²) in [5, 5.41) is 0. The number of alkyl halides is 3. The van der Waals surface area contributed by atoms with Gasteiger partial charge >= 0.3 is 12.1 Å². The maximum atomic E-state index is 12.5. The van der Waals surface area contributed by atoms with Crippen LogP contribution in [0.4, 0.5) is 13.2 Å². The molecule has 0 aromatic carbocycles. The summed E-state index contributed by atoms with van der Waals surface area (Å²) >= 11 is 0. The molecule has 0 aromatic rings. The summed E-state index contributed by atoms with van der Waals surface area (Å²) in [5.74, 6) is -3.00. The molecule has 0 saturated heterocycles. The van der Waals surface area contributed by atoms with Crippen LogP contribution >= 0.6 is 7.14 Å². The predicted octanol–water partition coefficient (Wildman–Crippen LogP) is 3.10. The van der Waals surface area contributed by atoms with Gasteiger partial charge in [-0.1, -0.05) is 13.8 Å². The molecule has 0 aromatic heterocycles. The van der Waals surface area contributed by atoms with Crippen LogP contribution in [0.25, 0.3) is 0 Å². The van der Waals surface area contributed by atoms with Crippen LogP contribution in [-0.4, -0.2) is 44.0 Å². The Bertz CT molecular complexity index is 335. The molecule has 0 spiro atoms. The van der Waals surface area contributed by atoms with E-state index in [1.807, 2.05) is 0 Å². The quantitative estimate of drug-likeness (QED) is 0.536. The number of carbonyl (C=O) groups excluding carboxylic acids is 1. The second kappa shape index (κ2) is 7.29. The molecule has 0 amide bonds. The average Bonchev–Trinajstić information content (AvgIpc) is 2.35. The lowest BCUT2D eigenvalue weighted by Gasteiger charge is -2.30. The van der Waals surface area contributed by atoms with E-state index in [1.54, 1.807) is 13.8 Å². The molecule has 19 heavy (non-hydrogen) atoms. The van der Waals surface area contributed by atoms with Crippen molar-refractivity contribution in [3.8, 4) is 0 Å². The van der Waals surface area contributed by atoms with E-state index in [1.165, 1.54) is 6.92 Å². The summed E-state index contributed by atoms with van der Waals surface area (Å²) in [6, 6.07) is 0. The molecule has 2 unspecified atom stereocenters. The fraction of sp³-hybridized carbons (Fsp3) is 0.909.